The maximum absolute atomic E-state index is 8.63. The van der Waals surface area contributed by atoms with Crippen molar-refractivity contribution >= 4 is 5.57 Å². The molecule has 0 unspecified atom stereocenters. The van der Waals surface area contributed by atoms with Crippen molar-refractivity contribution in [3.63, 3.8) is 0 Å². The molecule has 0 aromatic heterocycles. The summed E-state index contributed by atoms with van der Waals surface area (Å²) >= 11 is 0. The molecule has 16 heavy (non-hydrogen) atoms. The van der Waals surface area contributed by atoms with E-state index in [-0.39, 0.29) is 0 Å². The van der Waals surface area contributed by atoms with Crippen molar-refractivity contribution in [3.05, 3.63) is 53.6 Å². The van der Waals surface area contributed by atoms with Crippen LogP contribution in [0.1, 0.15) is 38.8 Å². The second kappa shape index (κ2) is 8.49. The Morgan fingerprint density at radius 1 is 1.19 bits per heavy atom. The molecule has 0 radical (unpaired) electrons. The Morgan fingerprint density at radius 2 is 1.75 bits per heavy atom. The average Bonchev–Trinajstić information content (AvgIpc) is 2.38. The van der Waals surface area contributed by atoms with Crippen LogP contribution in [0.15, 0.2) is 42.5 Å². The number of hydrogen-bond donors (Lipinski definition) is 0. The van der Waals surface area contributed by atoms with Crippen LogP contribution in [0, 0.1) is 11.3 Å². The topological polar surface area (TPSA) is 23.8 Å². The second-order valence-corrected chi connectivity index (χ2v) is 3.06. The molecule has 0 aliphatic heterocycles. The van der Waals surface area contributed by atoms with Gasteiger partial charge in [-0.1, -0.05) is 44.2 Å². The number of hydrogen-bond acceptors (Lipinski definition) is 1. The summed E-state index contributed by atoms with van der Waals surface area (Å²) in [5.41, 5.74) is 3.06. The molecule has 0 saturated carbocycles. The zero-order valence-electron chi connectivity index (χ0n) is 10.5. The first kappa shape index (κ1) is 14.2. The third-order valence-corrected chi connectivity index (χ3v) is 2.01. The van der Waals surface area contributed by atoms with Crippen LogP contribution in [0.25, 0.3) is 5.57 Å². The number of rotatable bonds is 2. The molecule has 0 aliphatic rings. The minimum absolute atomic E-state index is 0.701. The van der Waals surface area contributed by atoms with Crippen LogP contribution in [-0.2, 0) is 0 Å². The lowest BCUT2D eigenvalue weighted by Gasteiger charge is -1.99. The summed E-state index contributed by atoms with van der Waals surface area (Å²) in [6.45, 7) is 8.05. The van der Waals surface area contributed by atoms with Crippen molar-refractivity contribution in [1.29, 1.82) is 5.26 Å². The predicted octanol–water partition coefficient (Wildman–Crippen LogP) is 4.56. The highest BCUT2D eigenvalue weighted by Gasteiger charge is 1.94. The SMILES string of the molecule is C/C=C\C=C(/C)c1ccc(C#N)cc1.CC. The van der Waals surface area contributed by atoms with Crippen LogP contribution >= 0.6 is 0 Å². The van der Waals surface area contributed by atoms with E-state index >= 15 is 0 Å². The molecule has 1 aromatic carbocycles. The molecule has 0 spiro atoms. The molecule has 1 rings (SSSR count). The Bertz CT molecular complexity index is 388. The number of nitriles is 1. The molecule has 0 atom stereocenters. The van der Waals surface area contributed by atoms with Gasteiger partial charge in [0.25, 0.3) is 0 Å². The molecule has 0 amide bonds. The third-order valence-electron chi connectivity index (χ3n) is 2.01. The summed E-state index contributed by atoms with van der Waals surface area (Å²) in [6.07, 6.45) is 6.06. The molecule has 1 heteroatoms. The first-order valence-electron chi connectivity index (χ1n) is 5.58. The summed E-state index contributed by atoms with van der Waals surface area (Å²) in [4.78, 5) is 0. The Hall–Kier alpha value is -1.81. The Kier molecular flexibility index (Phi) is 7.53. The minimum atomic E-state index is 0.701. The van der Waals surface area contributed by atoms with Crippen molar-refractivity contribution in [2.45, 2.75) is 27.7 Å². The van der Waals surface area contributed by atoms with E-state index in [0.29, 0.717) is 5.56 Å². The summed E-state index contributed by atoms with van der Waals surface area (Å²) in [7, 11) is 0. The number of allylic oxidation sites excluding steroid dienone is 4. The first-order valence-corrected chi connectivity index (χ1v) is 5.58. The van der Waals surface area contributed by atoms with Crippen LogP contribution in [0.4, 0.5) is 0 Å². The van der Waals surface area contributed by atoms with Gasteiger partial charge in [0, 0.05) is 0 Å². The molecular formula is C15H19N. The summed E-state index contributed by atoms with van der Waals surface area (Å²) in [5.74, 6) is 0. The zero-order valence-corrected chi connectivity index (χ0v) is 10.5. The summed E-state index contributed by atoms with van der Waals surface area (Å²) in [5, 5.41) is 8.63. The quantitative estimate of drug-likeness (QED) is 0.660. The lowest BCUT2D eigenvalue weighted by Crippen LogP contribution is -1.79. The van der Waals surface area contributed by atoms with Crippen molar-refractivity contribution in [2.75, 3.05) is 0 Å². The predicted molar refractivity (Wildman–Crippen MR) is 71.0 cm³/mol. The van der Waals surface area contributed by atoms with E-state index in [9.17, 15) is 0 Å². The van der Waals surface area contributed by atoms with Gasteiger partial charge in [0.2, 0.25) is 0 Å². The van der Waals surface area contributed by atoms with Gasteiger partial charge in [-0.25, -0.2) is 0 Å². The van der Waals surface area contributed by atoms with E-state index in [4.69, 9.17) is 5.26 Å². The monoisotopic (exact) mass is 213 g/mol. The van der Waals surface area contributed by atoms with E-state index in [1.54, 1.807) is 0 Å². The van der Waals surface area contributed by atoms with E-state index < -0.39 is 0 Å². The third kappa shape index (κ3) is 4.61. The molecule has 0 bridgehead atoms. The molecule has 0 saturated heterocycles. The van der Waals surface area contributed by atoms with Gasteiger partial charge in [0.15, 0.2) is 0 Å². The van der Waals surface area contributed by atoms with Gasteiger partial charge in [-0.2, -0.15) is 5.26 Å². The molecule has 0 fully saturated rings. The standard InChI is InChI=1S/C13H13N.C2H6/c1-3-4-5-11(2)13-8-6-12(10-14)7-9-13;1-2/h3-9H,1-2H3;1-2H3/b4-3-,11-5+;. The molecule has 0 N–H and O–H groups in total. The Balaban J connectivity index is 0.00000106. The van der Waals surface area contributed by atoms with Gasteiger partial charge in [0.1, 0.15) is 0 Å². The number of benzene rings is 1. The molecular weight excluding hydrogens is 194 g/mol. The van der Waals surface area contributed by atoms with Crippen molar-refractivity contribution < 1.29 is 0 Å². The van der Waals surface area contributed by atoms with E-state index in [2.05, 4.69) is 19.1 Å². The van der Waals surface area contributed by atoms with Gasteiger partial charge >= 0.3 is 0 Å². The highest BCUT2D eigenvalue weighted by atomic mass is 14.2. The Morgan fingerprint density at radius 3 is 2.19 bits per heavy atom. The lowest BCUT2D eigenvalue weighted by molar-refractivity contribution is 1.47. The van der Waals surface area contributed by atoms with Gasteiger partial charge in [-0.15, -0.1) is 0 Å². The molecule has 0 heterocycles. The van der Waals surface area contributed by atoms with E-state index in [1.165, 1.54) is 5.57 Å². The van der Waals surface area contributed by atoms with Crippen LogP contribution < -0.4 is 0 Å². The summed E-state index contributed by atoms with van der Waals surface area (Å²) < 4.78 is 0. The molecule has 1 aromatic rings. The van der Waals surface area contributed by atoms with Crippen molar-refractivity contribution in [3.8, 4) is 6.07 Å². The fourth-order valence-electron chi connectivity index (χ4n) is 1.14. The van der Waals surface area contributed by atoms with Gasteiger partial charge in [-0.05, 0) is 37.1 Å². The van der Waals surface area contributed by atoms with Crippen LogP contribution in [0.3, 0.4) is 0 Å². The maximum atomic E-state index is 8.63. The second-order valence-electron chi connectivity index (χ2n) is 3.06. The smallest absolute Gasteiger partial charge is 0.0991 e. The average molecular weight is 213 g/mol. The normalized spacial score (nSPS) is 10.6. The fourth-order valence-corrected chi connectivity index (χ4v) is 1.14. The molecule has 0 aliphatic carbocycles. The van der Waals surface area contributed by atoms with Crippen LogP contribution in [-0.4, -0.2) is 0 Å². The van der Waals surface area contributed by atoms with Crippen molar-refractivity contribution in [2.24, 2.45) is 0 Å². The highest BCUT2D eigenvalue weighted by molar-refractivity contribution is 5.65. The summed E-state index contributed by atoms with van der Waals surface area (Å²) in [6, 6.07) is 9.71. The van der Waals surface area contributed by atoms with Gasteiger partial charge < -0.3 is 0 Å². The maximum Gasteiger partial charge on any atom is 0.0991 e. The highest BCUT2D eigenvalue weighted by Crippen LogP contribution is 2.14. The van der Waals surface area contributed by atoms with Gasteiger partial charge in [0.05, 0.1) is 11.6 Å². The first-order chi connectivity index (χ1) is 7.77. The van der Waals surface area contributed by atoms with Gasteiger partial charge in [-0.3, -0.25) is 0 Å². The van der Waals surface area contributed by atoms with Crippen LogP contribution in [0.5, 0.6) is 0 Å². The van der Waals surface area contributed by atoms with Crippen molar-refractivity contribution in [1.82, 2.24) is 0 Å². The molecule has 84 valence electrons. The van der Waals surface area contributed by atoms with Crippen LogP contribution in [0.2, 0.25) is 0 Å². The zero-order chi connectivity index (χ0) is 12.4. The van der Waals surface area contributed by atoms with E-state index in [0.717, 1.165) is 5.56 Å². The minimum Gasteiger partial charge on any atom is -0.192 e. The van der Waals surface area contributed by atoms with E-state index in [1.807, 2.05) is 57.2 Å². The largest absolute Gasteiger partial charge is 0.192 e. The Labute approximate surface area is 98.7 Å². The fraction of sp³-hybridized carbons (Fsp3) is 0.267. The lowest BCUT2D eigenvalue weighted by atomic mass is 10.1. The molecule has 1 nitrogen and oxygen atoms in total. The number of nitrogens with zero attached hydrogens (tertiary/aromatic N) is 1.